The second-order valence-corrected chi connectivity index (χ2v) is 4.01. The van der Waals surface area contributed by atoms with Crippen molar-refractivity contribution in [2.24, 2.45) is 0 Å². The molecule has 14 heavy (non-hydrogen) atoms. The highest BCUT2D eigenvalue weighted by Crippen LogP contribution is 2.45. The van der Waals surface area contributed by atoms with E-state index in [0.29, 0.717) is 6.42 Å². The van der Waals surface area contributed by atoms with Crippen molar-refractivity contribution >= 4 is 5.97 Å². The largest absolute Gasteiger partial charge is 0.469 e. The van der Waals surface area contributed by atoms with E-state index >= 15 is 0 Å². The molecule has 1 atom stereocenters. The highest BCUT2D eigenvalue weighted by Gasteiger charge is 2.50. The van der Waals surface area contributed by atoms with Crippen LogP contribution in [0.15, 0.2) is 0 Å². The molecule has 2 rings (SSSR count). The number of carbonyl (C=O) groups is 1. The standard InChI is InChI=1S/C10H16O4/c1-12-8(11)3-2-4-9-13-7-10(14-9)5-6-10/h9H,2-7H2,1H3. The van der Waals surface area contributed by atoms with Gasteiger partial charge in [-0.2, -0.15) is 0 Å². The molecule has 80 valence electrons. The summed E-state index contributed by atoms with van der Waals surface area (Å²) in [6.07, 6.45) is 4.17. The minimum absolute atomic E-state index is 0.0654. The maximum atomic E-state index is 10.8. The molecule has 1 spiro atoms. The summed E-state index contributed by atoms with van der Waals surface area (Å²) in [5.41, 5.74) is 0.0654. The zero-order chi connectivity index (χ0) is 10.0. The molecule has 0 radical (unpaired) electrons. The van der Waals surface area contributed by atoms with Gasteiger partial charge in [-0.3, -0.25) is 4.79 Å². The first-order chi connectivity index (χ1) is 6.74. The second kappa shape index (κ2) is 3.87. The first-order valence-electron chi connectivity index (χ1n) is 5.10. The summed E-state index contributed by atoms with van der Waals surface area (Å²) in [5.74, 6) is -0.163. The van der Waals surface area contributed by atoms with Gasteiger partial charge in [0.05, 0.1) is 19.3 Å². The molecule has 0 bridgehead atoms. The van der Waals surface area contributed by atoms with E-state index < -0.39 is 0 Å². The van der Waals surface area contributed by atoms with Crippen LogP contribution in [0.5, 0.6) is 0 Å². The molecular formula is C10H16O4. The zero-order valence-electron chi connectivity index (χ0n) is 8.45. The number of hydrogen-bond donors (Lipinski definition) is 0. The van der Waals surface area contributed by atoms with Gasteiger partial charge in [0, 0.05) is 6.42 Å². The maximum Gasteiger partial charge on any atom is 0.305 e. The van der Waals surface area contributed by atoms with Crippen LogP contribution in [-0.4, -0.2) is 31.6 Å². The molecule has 0 aromatic heterocycles. The third kappa shape index (κ3) is 2.25. The summed E-state index contributed by atoms with van der Waals surface area (Å²) >= 11 is 0. The van der Waals surface area contributed by atoms with E-state index in [9.17, 15) is 4.79 Å². The van der Waals surface area contributed by atoms with E-state index in [2.05, 4.69) is 4.74 Å². The predicted octanol–water partition coefficient (Wildman–Crippen LogP) is 1.24. The van der Waals surface area contributed by atoms with E-state index in [4.69, 9.17) is 9.47 Å². The van der Waals surface area contributed by atoms with Gasteiger partial charge in [-0.15, -0.1) is 0 Å². The van der Waals surface area contributed by atoms with Gasteiger partial charge in [0.15, 0.2) is 6.29 Å². The van der Waals surface area contributed by atoms with Crippen LogP contribution in [0.3, 0.4) is 0 Å². The number of carbonyl (C=O) groups excluding carboxylic acids is 1. The SMILES string of the molecule is COC(=O)CCCC1OCC2(CC2)O1. The zero-order valence-corrected chi connectivity index (χ0v) is 8.45. The fraction of sp³-hybridized carbons (Fsp3) is 0.900. The number of rotatable bonds is 4. The van der Waals surface area contributed by atoms with Crippen molar-refractivity contribution in [2.45, 2.75) is 44.0 Å². The summed E-state index contributed by atoms with van der Waals surface area (Å²) in [7, 11) is 1.41. The smallest absolute Gasteiger partial charge is 0.305 e. The van der Waals surface area contributed by atoms with Crippen molar-refractivity contribution in [3.8, 4) is 0 Å². The van der Waals surface area contributed by atoms with Crippen LogP contribution in [0.25, 0.3) is 0 Å². The Kier molecular flexibility index (Phi) is 2.74. The Labute approximate surface area is 83.5 Å². The number of hydrogen-bond acceptors (Lipinski definition) is 4. The Balaban J connectivity index is 1.60. The van der Waals surface area contributed by atoms with Gasteiger partial charge >= 0.3 is 5.97 Å². The van der Waals surface area contributed by atoms with E-state index in [1.807, 2.05) is 0 Å². The highest BCUT2D eigenvalue weighted by molar-refractivity contribution is 5.68. The molecule has 0 aromatic rings. The third-order valence-electron chi connectivity index (χ3n) is 2.77. The van der Waals surface area contributed by atoms with Gasteiger partial charge < -0.3 is 14.2 Å². The number of methoxy groups -OCH3 is 1. The predicted molar refractivity (Wildman–Crippen MR) is 48.7 cm³/mol. The third-order valence-corrected chi connectivity index (χ3v) is 2.77. The van der Waals surface area contributed by atoms with Crippen molar-refractivity contribution in [2.75, 3.05) is 13.7 Å². The van der Waals surface area contributed by atoms with Crippen LogP contribution in [0.2, 0.25) is 0 Å². The van der Waals surface area contributed by atoms with Crippen molar-refractivity contribution in [3.63, 3.8) is 0 Å². The van der Waals surface area contributed by atoms with Crippen molar-refractivity contribution in [3.05, 3.63) is 0 Å². The van der Waals surface area contributed by atoms with Gasteiger partial charge in [-0.25, -0.2) is 0 Å². The van der Waals surface area contributed by atoms with Gasteiger partial charge in [0.2, 0.25) is 0 Å². The Morgan fingerprint density at radius 2 is 2.36 bits per heavy atom. The molecule has 0 aromatic carbocycles. The first kappa shape index (κ1) is 9.93. The summed E-state index contributed by atoms with van der Waals surface area (Å²) < 4.78 is 15.7. The highest BCUT2D eigenvalue weighted by atomic mass is 16.7. The molecule has 1 saturated carbocycles. The van der Waals surface area contributed by atoms with Crippen LogP contribution in [0, 0.1) is 0 Å². The Bertz CT molecular complexity index is 222. The second-order valence-electron chi connectivity index (χ2n) is 4.01. The number of ether oxygens (including phenoxy) is 3. The summed E-state index contributed by atoms with van der Waals surface area (Å²) in [5, 5.41) is 0. The molecule has 4 nitrogen and oxygen atoms in total. The maximum absolute atomic E-state index is 10.8. The molecule has 1 saturated heterocycles. The average molecular weight is 200 g/mol. The normalized spacial score (nSPS) is 27.9. The lowest BCUT2D eigenvalue weighted by Gasteiger charge is -2.09. The van der Waals surface area contributed by atoms with Crippen LogP contribution in [-0.2, 0) is 19.0 Å². The van der Waals surface area contributed by atoms with Crippen LogP contribution in [0.1, 0.15) is 32.1 Å². The molecule has 1 aliphatic carbocycles. The van der Waals surface area contributed by atoms with Crippen LogP contribution >= 0.6 is 0 Å². The summed E-state index contributed by atoms with van der Waals surface area (Å²) in [6, 6.07) is 0. The fourth-order valence-corrected chi connectivity index (χ4v) is 1.65. The lowest BCUT2D eigenvalue weighted by Crippen LogP contribution is -2.13. The topological polar surface area (TPSA) is 44.8 Å². The average Bonchev–Trinajstić information content (AvgIpc) is 2.81. The molecule has 0 amide bonds. The van der Waals surface area contributed by atoms with Crippen molar-refractivity contribution in [1.82, 2.24) is 0 Å². The van der Waals surface area contributed by atoms with Crippen molar-refractivity contribution < 1.29 is 19.0 Å². The molecule has 4 heteroatoms. The van der Waals surface area contributed by atoms with E-state index in [1.165, 1.54) is 7.11 Å². The van der Waals surface area contributed by atoms with Crippen LogP contribution < -0.4 is 0 Å². The van der Waals surface area contributed by atoms with E-state index in [0.717, 1.165) is 32.3 Å². The van der Waals surface area contributed by atoms with E-state index in [1.54, 1.807) is 0 Å². The van der Waals surface area contributed by atoms with Gasteiger partial charge in [-0.05, 0) is 25.7 Å². The quantitative estimate of drug-likeness (QED) is 0.640. The number of esters is 1. The lowest BCUT2D eigenvalue weighted by molar-refractivity contribution is -0.141. The minimum atomic E-state index is -0.163. The molecule has 2 fully saturated rings. The van der Waals surface area contributed by atoms with Crippen molar-refractivity contribution in [1.29, 1.82) is 0 Å². The molecule has 1 heterocycles. The summed E-state index contributed by atoms with van der Waals surface area (Å²) in [6.45, 7) is 0.732. The lowest BCUT2D eigenvalue weighted by atomic mass is 10.2. The fourth-order valence-electron chi connectivity index (χ4n) is 1.65. The Morgan fingerprint density at radius 3 is 2.93 bits per heavy atom. The molecule has 1 aliphatic heterocycles. The van der Waals surface area contributed by atoms with Gasteiger partial charge in [-0.1, -0.05) is 0 Å². The van der Waals surface area contributed by atoms with Gasteiger partial charge in [0.25, 0.3) is 0 Å². The Morgan fingerprint density at radius 1 is 1.57 bits per heavy atom. The first-order valence-corrected chi connectivity index (χ1v) is 5.10. The summed E-state index contributed by atoms with van der Waals surface area (Å²) in [4.78, 5) is 10.8. The Hall–Kier alpha value is -0.610. The molecule has 2 aliphatic rings. The van der Waals surface area contributed by atoms with Gasteiger partial charge in [0.1, 0.15) is 0 Å². The molecule has 1 unspecified atom stereocenters. The minimum Gasteiger partial charge on any atom is -0.469 e. The molecule has 0 N–H and O–H groups in total. The van der Waals surface area contributed by atoms with Crippen LogP contribution in [0.4, 0.5) is 0 Å². The van der Waals surface area contributed by atoms with E-state index in [-0.39, 0.29) is 17.9 Å². The monoisotopic (exact) mass is 200 g/mol. The molecular weight excluding hydrogens is 184 g/mol.